The van der Waals surface area contributed by atoms with Crippen molar-refractivity contribution in [2.45, 2.75) is 36.8 Å². The van der Waals surface area contributed by atoms with Crippen LogP contribution < -0.4 is 9.47 Å². The molecule has 40 heavy (non-hydrogen) atoms. The van der Waals surface area contributed by atoms with E-state index < -0.39 is 47.6 Å². The van der Waals surface area contributed by atoms with Crippen molar-refractivity contribution in [2.75, 3.05) is 0 Å². The molecule has 0 aliphatic carbocycles. The number of aliphatic hydroxyl groups is 2. The van der Waals surface area contributed by atoms with Crippen molar-refractivity contribution >= 4 is 0 Å². The van der Waals surface area contributed by atoms with Gasteiger partial charge in [-0.2, -0.15) is 0 Å². The first-order valence-corrected chi connectivity index (χ1v) is 12.5. The van der Waals surface area contributed by atoms with Gasteiger partial charge in [0, 0.05) is 35.6 Å². The number of fused-ring (bicyclic) bond motifs is 2. The molecule has 0 aromatic heterocycles. The van der Waals surface area contributed by atoms with Crippen molar-refractivity contribution in [3.05, 3.63) is 94.5 Å². The molecule has 2 aliphatic rings. The average Bonchev–Trinajstić information content (AvgIpc) is 2.91. The molecule has 0 fully saturated rings. The molecule has 206 valence electrons. The van der Waals surface area contributed by atoms with Crippen LogP contribution in [-0.2, 0) is 6.42 Å². The molecule has 8 N–H and O–H groups in total. The predicted molar refractivity (Wildman–Crippen MR) is 140 cm³/mol. The van der Waals surface area contributed by atoms with Gasteiger partial charge in [-0.1, -0.05) is 18.2 Å². The highest BCUT2D eigenvalue weighted by Gasteiger charge is 2.43. The number of hydrogen-bond acceptors (Lipinski definition) is 10. The van der Waals surface area contributed by atoms with Gasteiger partial charge in [0.25, 0.3) is 0 Å². The molecule has 2 aliphatic heterocycles. The minimum Gasteiger partial charge on any atom is -0.508 e. The van der Waals surface area contributed by atoms with E-state index in [1.165, 1.54) is 54.6 Å². The number of benzene rings is 4. The Morgan fingerprint density at radius 1 is 0.550 bits per heavy atom. The number of aliphatic hydroxyl groups excluding tert-OH is 2. The molecule has 0 spiro atoms. The van der Waals surface area contributed by atoms with Crippen LogP contribution in [0.2, 0.25) is 0 Å². The van der Waals surface area contributed by atoms with E-state index in [-0.39, 0.29) is 35.0 Å². The molecule has 0 amide bonds. The molecule has 2 heterocycles. The van der Waals surface area contributed by atoms with Crippen LogP contribution in [0.5, 0.6) is 46.0 Å². The van der Waals surface area contributed by atoms with Gasteiger partial charge in [0.15, 0.2) is 35.2 Å². The molecule has 4 aromatic carbocycles. The maximum atomic E-state index is 11.7. The predicted octanol–water partition coefficient (Wildman–Crippen LogP) is 3.58. The average molecular weight is 547 g/mol. The standard InChI is InChI=1S/C30H26O10/c31-15-3-1-13-7-24(37)30(39-25(13)9-15)19-12-23(36)22(35)11-18(19)27-17-5-4-16(32)10-26(17)40-29(28(27)38)14-2-6-20(33)21(34)8-14/h1-6,8-12,24,27-38H,7H2/t24-,27+,28+,29-,30+/m1/s1. The van der Waals surface area contributed by atoms with E-state index in [1.54, 1.807) is 12.1 Å². The zero-order valence-corrected chi connectivity index (χ0v) is 20.8. The van der Waals surface area contributed by atoms with Gasteiger partial charge < -0.3 is 50.3 Å². The maximum Gasteiger partial charge on any atom is 0.157 e. The molecule has 4 aromatic rings. The van der Waals surface area contributed by atoms with E-state index >= 15 is 0 Å². The van der Waals surface area contributed by atoms with Gasteiger partial charge in [-0.25, -0.2) is 0 Å². The molecule has 6 rings (SSSR count). The summed E-state index contributed by atoms with van der Waals surface area (Å²) in [6.07, 6.45) is -4.40. The lowest BCUT2D eigenvalue weighted by atomic mass is 9.76. The van der Waals surface area contributed by atoms with Gasteiger partial charge in [-0.15, -0.1) is 0 Å². The van der Waals surface area contributed by atoms with Crippen LogP contribution >= 0.6 is 0 Å². The summed E-state index contributed by atoms with van der Waals surface area (Å²) in [7, 11) is 0. The second-order valence-electron chi connectivity index (χ2n) is 10.0. The van der Waals surface area contributed by atoms with Crippen LogP contribution in [0.4, 0.5) is 0 Å². The number of phenolic OH excluding ortho intramolecular Hbond substituents is 6. The number of hydrogen-bond donors (Lipinski definition) is 8. The van der Waals surface area contributed by atoms with E-state index in [0.717, 1.165) is 0 Å². The fourth-order valence-electron chi connectivity index (χ4n) is 5.55. The van der Waals surface area contributed by atoms with Crippen LogP contribution in [0, 0.1) is 0 Å². The highest BCUT2D eigenvalue weighted by Crippen LogP contribution is 2.51. The summed E-state index contributed by atoms with van der Waals surface area (Å²) in [5, 5.41) is 83.9. The van der Waals surface area contributed by atoms with Crippen LogP contribution in [0.3, 0.4) is 0 Å². The topological polar surface area (TPSA) is 180 Å². The molecule has 0 unspecified atom stereocenters. The van der Waals surface area contributed by atoms with Crippen molar-refractivity contribution < 1.29 is 50.3 Å². The molecule has 0 saturated carbocycles. The summed E-state index contributed by atoms with van der Waals surface area (Å²) in [6, 6.07) is 15.4. The second-order valence-corrected chi connectivity index (χ2v) is 10.0. The van der Waals surface area contributed by atoms with Crippen molar-refractivity contribution in [3.8, 4) is 46.0 Å². The lowest BCUT2D eigenvalue weighted by molar-refractivity contribution is 0.00393. The lowest BCUT2D eigenvalue weighted by Crippen LogP contribution is -2.37. The van der Waals surface area contributed by atoms with E-state index in [2.05, 4.69) is 0 Å². The molecule has 10 heteroatoms. The Morgan fingerprint density at radius 2 is 1.18 bits per heavy atom. The quantitative estimate of drug-likeness (QED) is 0.177. The SMILES string of the molecule is Oc1ccc2c(c1)O[C@@H](c1cc(O)c(O)cc1[C@@H]1c3ccc(O)cc3O[C@H](c3ccc(O)c(O)c3)[C@H]1O)[C@H](O)C2. The van der Waals surface area contributed by atoms with Gasteiger partial charge in [0.1, 0.15) is 29.1 Å². The Morgan fingerprint density at radius 3 is 1.90 bits per heavy atom. The minimum atomic E-state index is -1.35. The van der Waals surface area contributed by atoms with Gasteiger partial charge in [0.2, 0.25) is 0 Å². The first-order valence-electron chi connectivity index (χ1n) is 12.5. The van der Waals surface area contributed by atoms with E-state index in [4.69, 9.17) is 9.47 Å². The monoisotopic (exact) mass is 546 g/mol. The van der Waals surface area contributed by atoms with Gasteiger partial charge in [-0.05, 0) is 53.1 Å². The van der Waals surface area contributed by atoms with E-state index in [0.29, 0.717) is 28.0 Å². The highest BCUT2D eigenvalue weighted by molar-refractivity contribution is 5.57. The smallest absolute Gasteiger partial charge is 0.157 e. The molecule has 0 bridgehead atoms. The molecular formula is C30H26O10. The Balaban J connectivity index is 1.52. The minimum absolute atomic E-state index is 0.0313. The third kappa shape index (κ3) is 4.23. The summed E-state index contributed by atoms with van der Waals surface area (Å²) in [4.78, 5) is 0. The largest absolute Gasteiger partial charge is 0.508 e. The van der Waals surface area contributed by atoms with Crippen LogP contribution in [0.15, 0.2) is 66.7 Å². The third-order valence-electron chi connectivity index (χ3n) is 7.47. The lowest BCUT2D eigenvalue weighted by Gasteiger charge is -2.39. The summed E-state index contributed by atoms with van der Waals surface area (Å²) in [6.45, 7) is 0. The second kappa shape index (κ2) is 9.44. The first kappa shape index (κ1) is 25.5. The van der Waals surface area contributed by atoms with Crippen LogP contribution in [0.25, 0.3) is 0 Å². The molecular weight excluding hydrogens is 520 g/mol. The Labute approximate surface area is 227 Å². The third-order valence-corrected chi connectivity index (χ3v) is 7.47. The Hall–Kier alpha value is -4.80. The normalized spacial score (nSPS) is 23.4. The van der Waals surface area contributed by atoms with Gasteiger partial charge >= 0.3 is 0 Å². The summed E-state index contributed by atoms with van der Waals surface area (Å²) < 4.78 is 12.2. The van der Waals surface area contributed by atoms with Crippen LogP contribution in [0.1, 0.15) is 45.9 Å². The summed E-state index contributed by atoms with van der Waals surface area (Å²) >= 11 is 0. The highest BCUT2D eigenvalue weighted by atomic mass is 16.5. The summed E-state index contributed by atoms with van der Waals surface area (Å²) in [5.41, 5.74) is 2.02. The fraction of sp³-hybridized carbons (Fsp3) is 0.200. The van der Waals surface area contributed by atoms with Crippen molar-refractivity contribution in [1.82, 2.24) is 0 Å². The molecule has 10 nitrogen and oxygen atoms in total. The first-order chi connectivity index (χ1) is 19.1. The number of ether oxygens (including phenoxy) is 2. The molecule has 5 atom stereocenters. The molecule has 0 saturated heterocycles. The number of phenols is 6. The summed E-state index contributed by atoms with van der Waals surface area (Å²) in [5.74, 6) is -2.24. The van der Waals surface area contributed by atoms with Crippen molar-refractivity contribution in [3.63, 3.8) is 0 Å². The molecule has 0 radical (unpaired) electrons. The van der Waals surface area contributed by atoms with Crippen LogP contribution in [-0.4, -0.2) is 53.1 Å². The maximum absolute atomic E-state index is 11.7. The van der Waals surface area contributed by atoms with Gasteiger partial charge in [-0.3, -0.25) is 0 Å². The Kier molecular flexibility index (Phi) is 6.01. The zero-order chi connectivity index (χ0) is 28.3. The van der Waals surface area contributed by atoms with E-state index in [1.807, 2.05) is 0 Å². The van der Waals surface area contributed by atoms with Gasteiger partial charge in [0.05, 0.1) is 6.10 Å². The van der Waals surface area contributed by atoms with Crippen molar-refractivity contribution in [2.24, 2.45) is 0 Å². The van der Waals surface area contributed by atoms with E-state index in [9.17, 15) is 40.9 Å². The number of aromatic hydroxyl groups is 6. The number of rotatable bonds is 3. The zero-order valence-electron chi connectivity index (χ0n) is 20.8. The Bertz CT molecular complexity index is 1620. The van der Waals surface area contributed by atoms with Crippen molar-refractivity contribution in [1.29, 1.82) is 0 Å². The fourth-order valence-corrected chi connectivity index (χ4v) is 5.55.